The second-order valence-electron chi connectivity index (χ2n) is 7.75. The number of benzene rings is 1. The van der Waals surface area contributed by atoms with Gasteiger partial charge in [-0.15, -0.1) is 11.3 Å². The lowest BCUT2D eigenvalue weighted by Gasteiger charge is -2.34. The number of piperidine rings is 1. The second-order valence-corrected chi connectivity index (χ2v) is 8.70. The van der Waals surface area contributed by atoms with Crippen molar-refractivity contribution in [1.29, 1.82) is 0 Å². The Morgan fingerprint density at radius 1 is 1.03 bits per heavy atom. The van der Waals surface area contributed by atoms with Crippen LogP contribution in [0, 0.1) is 0 Å². The van der Waals surface area contributed by atoms with Crippen LogP contribution >= 0.6 is 11.3 Å². The number of likely N-dealkylation sites (tertiary alicyclic amines) is 2. The summed E-state index contributed by atoms with van der Waals surface area (Å²) in [7, 11) is 0. The third-order valence-corrected chi connectivity index (χ3v) is 6.85. The number of thiophene rings is 1. The Kier molecular flexibility index (Phi) is 4.83. The third-order valence-electron chi connectivity index (χ3n) is 6.00. The van der Waals surface area contributed by atoms with E-state index in [0.29, 0.717) is 24.5 Å². The highest BCUT2D eigenvalue weighted by Crippen LogP contribution is 2.31. The van der Waals surface area contributed by atoms with Crippen molar-refractivity contribution in [2.75, 3.05) is 19.6 Å². The van der Waals surface area contributed by atoms with Crippen LogP contribution in [-0.4, -0.2) is 52.3 Å². The lowest BCUT2D eigenvalue weighted by molar-refractivity contribution is -0.136. The van der Waals surface area contributed by atoms with Gasteiger partial charge in [0.05, 0.1) is 4.88 Å². The van der Waals surface area contributed by atoms with Crippen molar-refractivity contribution in [2.24, 2.45) is 0 Å². The van der Waals surface area contributed by atoms with Crippen LogP contribution in [-0.2, 0) is 4.79 Å². The maximum Gasteiger partial charge on any atom is 0.264 e. The summed E-state index contributed by atoms with van der Waals surface area (Å²) in [6, 6.07) is 11.2. The number of rotatable bonds is 3. The highest BCUT2D eigenvalue weighted by atomic mass is 32.1. The average Bonchev–Trinajstić information content (AvgIpc) is 3.53. The maximum absolute atomic E-state index is 13.2. The molecule has 2 fully saturated rings. The van der Waals surface area contributed by atoms with Gasteiger partial charge in [0, 0.05) is 25.6 Å². The number of hydrogen-bond acceptors (Lipinski definition) is 5. The highest BCUT2D eigenvalue weighted by molar-refractivity contribution is 7.12. The monoisotopic (exact) mass is 409 g/mol. The number of oxazole rings is 1. The zero-order valence-corrected chi connectivity index (χ0v) is 16.9. The summed E-state index contributed by atoms with van der Waals surface area (Å²) < 4.78 is 5.93. The van der Waals surface area contributed by atoms with Gasteiger partial charge in [0.15, 0.2) is 11.5 Å². The van der Waals surface area contributed by atoms with E-state index >= 15 is 0 Å². The summed E-state index contributed by atoms with van der Waals surface area (Å²) in [6.45, 7) is 2.02. The molecule has 1 atom stereocenters. The maximum atomic E-state index is 13.2. The van der Waals surface area contributed by atoms with Crippen molar-refractivity contribution in [3.8, 4) is 0 Å². The first-order valence-corrected chi connectivity index (χ1v) is 11.1. The molecule has 0 aliphatic carbocycles. The molecule has 0 bridgehead atoms. The van der Waals surface area contributed by atoms with Gasteiger partial charge in [-0.1, -0.05) is 18.2 Å². The summed E-state index contributed by atoms with van der Waals surface area (Å²) in [5.74, 6) is 1.08. The number of carbonyl (C=O) groups is 2. The average molecular weight is 410 g/mol. The fraction of sp³-hybridized carbons (Fsp3) is 0.409. The van der Waals surface area contributed by atoms with Gasteiger partial charge in [-0.25, -0.2) is 4.98 Å². The molecule has 2 aromatic heterocycles. The minimum Gasteiger partial charge on any atom is -0.440 e. The Morgan fingerprint density at radius 3 is 2.62 bits per heavy atom. The Morgan fingerprint density at radius 2 is 1.86 bits per heavy atom. The van der Waals surface area contributed by atoms with Crippen molar-refractivity contribution < 1.29 is 14.0 Å². The lowest BCUT2D eigenvalue weighted by atomic mass is 9.96. The molecule has 6 nitrogen and oxygen atoms in total. The van der Waals surface area contributed by atoms with Gasteiger partial charge in [0.1, 0.15) is 11.6 Å². The van der Waals surface area contributed by atoms with Gasteiger partial charge in [-0.05, 0) is 49.3 Å². The molecule has 7 heteroatoms. The van der Waals surface area contributed by atoms with Crippen molar-refractivity contribution in [1.82, 2.24) is 14.8 Å². The smallest absolute Gasteiger partial charge is 0.264 e. The largest absolute Gasteiger partial charge is 0.440 e. The first-order valence-electron chi connectivity index (χ1n) is 10.2. The van der Waals surface area contributed by atoms with Crippen molar-refractivity contribution in [3.05, 3.63) is 52.5 Å². The molecule has 2 aliphatic heterocycles. The van der Waals surface area contributed by atoms with E-state index in [4.69, 9.17) is 4.42 Å². The molecule has 0 N–H and O–H groups in total. The van der Waals surface area contributed by atoms with E-state index in [2.05, 4.69) is 4.98 Å². The predicted molar refractivity (Wildman–Crippen MR) is 111 cm³/mol. The zero-order valence-electron chi connectivity index (χ0n) is 16.1. The standard InChI is InChI=1S/C22H23N3O3S/c26-21(17-6-3-11-25(17)22(27)19-8-4-14-29-19)24-12-9-15(10-13-24)20-23-16-5-1-2-7-18(16)28-20/h1-2,4-5,7-8,14-15,17H,3,6,9-13H2. The fourth-order valence-corrected chi connectivity index (χ4v) is 5.11. The van der Waals surface area contributed by atoms with E-state index in [1.165, 1.54) is 11.3 Å². The number of fused-ring (bicyclic) bond motifs is 1. The molecule has 150 valence electrons. The number of nitrogens with zero attached hydrogens (tertiary/aromatic N) is 3. The molecule has 1 aromatic carbocycles. The molecular formula is C22H23N3O3S. The molecule has 29 heavy (non-hydrogen) atoms. The van der Waals surface area contributed by atoms with E-state index < -0.39 is 0 Å². The molecule has 2 aliphatic rings. The van der Waals surface area contributed by atoms with Crippen LogP contribution in [0.4, 0.5) is 0 Å². The van der Waals surface area contributed by atoms with Crippen molar-refractivity contribution in [3.63, 3.8) is 0 Å². The quantitative estimate of drug-likeness (QED) is 0.658. The SMILES string of the molecule is O=C(C1CCCN1C(=O)c1cccs1)N1CCC(c2nc3ccccc3o2)CC1. The van der Waals surface area contributed by atoms with E-state index in [0.717, 1.165) is 42.7 Å². The topological polar surface area (TPSA) is 66.7 Å². The minimum atomic E-state index is -0.328. The summed E-state index contributed by atoms with van der Waals surface area (Å²) in [5.41, 5.74) is 1.70. The fourth-order valence-electron chi connectivity index (χ4n) is 4.43. The van der Waals surface area contributed by atoms with Crippen molar-refractivity contribution >= 4 is 34.3 Å². The van der Waals surface area contributed by atoms with Crippen LogP contribution < -0.4 is 0 Å². The van der Waals surface area contributed by atoms with Gasteiger partial charge < -0.3 is 14.2 Å². The van der Waals surface area contributed by atoms with Crippen LogP contribution in [0.15, 0.2) is 46.2 Å². The van der Waals surface area contributed by atoms with E-state index in [1.807, 2.05) is 46.7 Å². The van der Waals surface area contributed by atoms with Gasteiger partial charge >= 0.3 is 0 Å². The number of para-hydroxylation sites is 2. The van der Waals surface area contributed by atoms with Crippen LogP contribution in [0.1, 0.15) is 47.2 Å². The minimum absolute atomic E-state index is 0.0165. The summed E-state index contributed by atoms with van der Waals surface area (Å²) in [6.07, 6.45) is 3.31. The summed E-state index contributed by atoms with van der Waals surface area (Å²) in [5, 5.41) is 1.90. The molecule has 0 radical (unpaired) electrons. The van der Waals surface area contributed by atoms with Gasteiger partial charge in [0.25, 0.3) is 5.91 Å². The first-order chi connectivity index (χ1) is 14.2. The van der Waals surface area contributed by atoms with E-state index in [-0.39, 0.29) is 23.8 Å². The normalized spacial score (nSPS) is 20.5. The third kappa shape index (κ3) is 3.44. The molecule has 3 aromatic rings. The number of aromatic nitrogens is 1. The molecule has 2 saturated heterocycles. The lowest BCUT2D eigenvalue weighted by Crippen LogP contribution is -2.49. The summed E-state index contributed by atoms with van der Waals surface area (Å²) >= 11 is 1.43. The molecule has 4 heterocycles. The second kappa shape index (κ2) is 7.63. The van der Waals surface area contributed by atoms with E-state index in [9.17, 15) is 9.59 Å². The predicted octanol–water partition coefficient (Wildman–Crippen LogP) is 3.90. The molecule has 0 spiro atoms. The Balaban J connectivity index is 1.24. The van der Waals surface area contributed by atoms with Gasteiger partial charge in [-0.3, -0.25) is 9.59 Å². The molecule has 1 unspecified atom stereocenters. The Bertz CT molecular complexity index is 988. The van der Waals surface area contributed by atoms with Crippen LogP contribution in [0.25, 0.3) is 11.1 Å². The molecule has 2 amide bonds. The van der Waals surface area contributed by atoms with Gasteiger partial charge in [-0.2, -0.15) is 0 Å². The molecule has 5 rings (SSSR count). The molecular weight excluding hydrogens is 386 g/mol. The molecule has 0 saturated carbocycles. The highest BCUT2D eigenvalue weighted by Gasteiger charge is 2.38. The Labute approximate surface area is 173 Å². The van der Waals surface area contributed by atoms with Crippen molar-refractivity contribution in [2.45, 2.75) is 37.6 Å². The number of amides is 2. The van der Waals surface area contributed by atoms with Crippen LogP contribution in [0.2, 0.25) is 0 Å². The number of hydrogen-bond donors (Lipinski definition) is 0. The van der Waals surface area contributed by atoms with Crippen LogP contribution in [0.3, 0.4) is 0 Å². The summed E-state index contributed by atoms with van der Waals surface area (Å²) in [4.78, 5) is 35.0. The zero-order chi connectivity index (χ0) is 19.8. The Hall–Kier alpha value is -2.67. The van der Waals surface area contributed by atoms with Gasteiger partial charge in [0.2, 0.25) is 5.91 Å². The first kappa shape index (κ1) is 18.4. The van der Waals surface area contributed by atoms with Crippen LogP contribution in [0.5, 0.6) is 0 Å². The number of carbonyl (C=O) groups excluding carboxylic acids is 2. The van der Waals surface area contributed by atoms with E-state index in [1.54, 1.807) is 4.90 Å².